The van der Waals surface area contributed by atoms with Crippen LogP contribution in [0.25, 0.3) is 0 Å². The Morgan fingerprint density at radius 1 is 1.11 bits per heavy atom. The molecule has 0 spiro atoms. The number of nitrogens with one attached hydrogen (secondary N) is 1. The van der Waals surface area contributed by atoms with Crippen molar-refractivity contribution in [3.05, 3.63) is 51.8 Å². The summed E-state index contributed by atoms with van der Waals surface area (Å²) in [6.07, 6.45) is -0.0765. The number of rotatable bonds is 6. The number of hydrogen-bond acceptors (Lipinski definition) is 6. The van der Waals surface area contributed by atoms with Crippen LogP contribution in [0.1, 0.15) is 61.9 Å². The highest BCUT2D eigenvalue weighted by Gasteiger charge is 2.27. The van der Waals surface area contributed by atoms with Crippen LogP contribution in [0.3, 0.4) is 0 Å². The van der Waals surface area contributed by atoms with Gasteiger partial charge < -0.3 is 9.72 Å². The first-order chi connectivity index (χ1) is 12.8. The predicted octanol–water partition coefficient (Wildman–Crippen LogP) is 2.97. The highest BCUT2D eigenvalue weighted by Crippen LogP contribution is 2.22. The molecule has 0 aliphatic heterocycles. The molecule has 1 heterocycles. The van der Waals surface area contributed by atoms with Gasteiger partial charge in [-0.2, -0.15) is 0 Å². The topological polar surface area (TPSA) is 110 Å². The van der Waals surface area contributed by atoms with Gasteiger partial charge in [0, 0.05) is 17.5 Å². The van der Waals surface area contributed by atoms with Gasteiger partial charge in [-0.25, -0.2) is 13.2 Å². The third kappa shape index (κ3) is 4.22. The number of aryl methyl sites for hydroxylation is 2. The van der Waals surface area contributed by atoms with E-state index in [0.717, 1.165) is 6.26 Å². The van der Waals surface area contributed by atoms with E-state index in [0.29, 0.717) is 22.4 Å². The van der Waals surface area contributed by atoms with Crippen LogP contribution in [0, 0.1) is 20.8 Å². The lowest BCUT2D eigenvalue weighted by atomic mass is 10.0. The van der Waals surface area contributed by atoms with Crippen LogP contribution in [-0.4, -0.2) is 43.3 Å². The van der Waals surface area contributed by atoms with Crippen LogP contribution in [-0.2, 0) is 14.6 Å². The lowest BCUT2D eigenvalue weighted by Crippen LogP contribution is -2.26. The minimum Gasteiger partial charge on any atom is -0.451 e. The molecular formula is C20H23NO6S. The lowest BCUT2D eigenvalue weighted by Gasteiger charge is -2.14. The van der Waals surface area contributed by atoms with E-state index >= 15 is 0 Å². The minimum absolute atomic E-state index is 0.00836. The third-order valence-corrected chi connectivity index (χ3v) is 5.66. The summed E-state index contributed by atoms with van der Waals surface area (Å²) in [5, 5.41) is 0. The maximum atomic E-state index is 12.7. The van der Waals surface area contributed by atoms with Gasteiger partial charge in [-0.05, 0) is 57.9 Å². The Kier molecular flexibility index (Phi) is 5.94. The van der Waals surface area contributed by atoms with Gasteiger partial charge in [0.1, 0.15) is 0 Å². The molecule has 1 aromatic carbocycles. The number of esters is 1. The first kappa shape index (κ1) is 21.6. The molecule has 1 unspecified atom stereocenters. The quantitative estimate of drug-likeness (QED) is 0.584. The molecule has 0 saturated heterocycles. The zero-order valence-electron chi connectivity index (χ0n) is 16.7. The Balaban J connectivity index is 2.29. The van der Waals surface area contributed by atoms with Crippen LogP contribution >= 0.6 is 0 Å². The second kappa shape index (κ2) is 7.71. The Labute approximate surface area is 164 Å². The molecule has 0 amide bonds. The Hall–Kier alpha value is -2.74. The van der Waals surface area contributed by atoms with E-state index in [1.54, 1.807) is 20.8 Å². The summed E-state index contributed by atoms with van der Waals surface area (Å²) in [7, 11) is -3.49. The number of aromatic amines is 1. The largest absolute Gasteiger partial charge is 0.451 e. The SMILES string of the molecule is CC(=O)c1c(C)[nH]c(C(=O)C(C)OC(=O)c2cc(S(C)(=O)=O)ccc2C)c1C. The van der Waals surface area contributed by atoms with E-state index in [2.05, 4.69) is 4.98 Å². The van der Waals surface area contributed by atoms with Gasteiger partial charge >= 0.3 is 5.97 Å². The zero-order chi connectivity index (χ0) is 21.4. The number of H-pyrrole nitrogens is 1. The number of ketones is 2. The maximum Gasteiger partial charge on any atom is 0.339 e. The number of benzene rings is 1. The van der Waals surface area contributed by atoms with Crippen LogP contribution < -0.4 is 0 Å². The summed E-state index contributed by atoms with van der Waals surface area (Å²) in [5.74, 6) is -1.43. The molecule has 28 heavy (non-hydrogen) atoms. The van der Waals surface area contributed by atoms with Crippen molar-refractivity contribution in [2.75, 3.05) is 6.26 Å². The molecule has 0 bridgehead atoms. The van der Waals surface area contributed by atoms with Crippen molar-refractivity contribution in [2.45, 2.75) is 45.6 Å². The van der Waals surface area contributed by atoms with Crippen molar-refractivity contribution >= 4 is 27.4 Å². The fraction of sp³-hybridized carbons (Fsp3) is 0.350. The fourth-order valence-electron chi connectivity index (χ4n) is 3.06. The van der Waals surface area contributed by atoms with Crippen molar-refractivity contribution in [1.29, 1.82) is 0 Å². The van der Waals surface area contributed by atoms with Gasteiger partial charge in [0.15, 0.2) is 21.7 Å². The average molecular weight is 405 g/mol. The van der Waals surface area contributed by atoms with E-state index in [9.17, 15) is 22.8 Å². The van der Waals surface area contributed by atoms with Gasteiger partial charge in [0.2, 0.25) is 5.78 Å². The number of carbonyl (C=O) groups is 3. The molecule has 150 valence electrons. The molecule has 0 fully saturated rings. The second-order valence-electron chi connectivity index (χ2n) is 6.84. The molecule has 0 saturated carbocycles. The summed E-state index contributed by atoms with van der Waals surface area (Å²) in [4.78, 5) is 39.9. The van der Waals surface area contributed by atoms with E-state index < -0.39 is 27.7 Å². The Morgan fingerprint density at radius 2 is 1.71 bits per heavy atom. The number of sulfone groups is 1. The Morgan fingerprint density at radius 3 is 2.21 bits per heavy atom. The molecular weight excluding hydrogens is 382 g/mol. The van der Waals surface area contributed by atoms with Gasteiger partial charge in [0.25, 0.3) is 0 Å². The van der Waals surface area contributed by atoms with E-state index in [1.165, 1.54) is 32.0 Å². The van der Waals surface area contributed by atoms with Gasteiger partial charge in [-0.1, -0.05) is 6.07 Å². The summed E-state index contributed by atoms with van der Waals surface area (Å²) < 4.78 is 28.7. The average Bonchev–Trinajstić information content (AvgIpc) is 2.87. The molecule has 0 aliphatic rings. The second-order valence-corrected chi connectivity index (χ2v) is 8.86. The van der Waals surface area contributed by atoms with Crippen molar-refractivity contribution in [3.63, 3.8) is 0 Å². The smallest absolute Gasteiger partial charge is 0.339 e. The van der Waals surface area contributed by atoms with Crippen LogP contribution in [0.2, 0.25) is 0 Å². The third-order valence-electron chi connectivity index (χ3n) is 4.55. The molecule has 2 rings (SSSR count). The van der Waals surface area contributed by atoms with Crippen LogP contribution in [0.15, 0.2) is 23.1 Å². The number of carbonyl (C=O) groups excluding carboxylic acids is 3. The normalized spacial score (nSPS) is 12.5. The maximum absolute atomic E-state index is 12.7. The van der Waals surface area contributed by atoms with Crippen molar-refractivity contribution < 1.29 is 27.5 Å². The minimum atomic E-state index is -3.49. The summed E-state index contributed by atoms with van der Waals surface area (Å²) in [6.45, 7) is 7.84. The molecule has 2 aromatic rings. The molecule has 1 aromatic heterocycles. The summed E-state index contributed by atoms with van der Waals surface area (Å²) in [5.41, 5.74) is 2.34. The van der Waals surface area contributed by atoms with Crippen molar-refractivity contribution in [2.24, 2.45) is 0 Å². The standard InChI is InChI=1S/C20H23NO6S/c1-10-7-8-15(28(6,25)26)9-16(10)20(24)27-14(5)19(23)18-11(2)17(13(4)22)12(3)21-18/h7-9,14,21H,1-6H3. The van der Waals surface area contributed by atoms with Gasteiger partial charge in [-0.3, -0.25) is 9.59 Å². The van der Waals surface area contributed by atoms with Crippen molar-refractivity contribution in [3.8, 4) is 0 Å². The zero-order valence-corrected chi connectivity index (χ0v) is 17.5. The molecule has 7 nitrogen and oxygen atoms in total. The van der Waals surface area contributed by atoms with Crippen LogP contribution in [0.5, 0.6) is 0 Å². The van der Waals surface area contributed by atoms with Crippen molar-refractivity contribution in [1.82, 2.24) is 4.98 Å². The fourth-order valence-corrected chi connectivity index (χ4v) is 3.70. The summed E-state index contributed by atoms with van der Waals surface area (Å²) >= 11 is 0. The molecule has 1 N–H and O–H groups in total. The van der Waals surface area contributed by atoms with Gasteiger partial charge in [0.05, 0.1) is 16.2 Å². The van der Waals surface area contributed by atoms with E-state index in [1.807, 2.05) is 0 Å². The lowest BCUT2D eigenvalue weighted by molar-refractivity contribution is 0.0316. The monoisotopic (exact) mass is 405 g/mol. The molecule has 0 radical (unpaired) electrons. The van der Waals surface area contributed by atoms with Gasteiger partial charge in [-0.15, -0.1) is 0 Å². The number of aromatic nitrogens is 1. The molecule has 8 heteroatoms. The summed E-state index contributed by atoms with van der Waals surface area (Å²) in [6, 6.07) is 4.16. The highest BCUT2D eigenvalue weighted by molar-refractivity contribution is 7.90. The number of hydrogen-bond donors (Lipinski definition) is 1. The number of ether oxygens (including phenoxy) is 1. The molecule has 1 atom stereocenters. The highest BCUT2D eigenvalue weighted by atomic mass is 32.2. The first-order valence-electron chi connectivity index (χ1n) is 8.60. The first-order valence-corrected chi connectivity index (χ1v) is 10.5. The Bertz CT molecular complexity index is 1080. The van der Waals surface area contributed by atoms with E-state index in [4.69, 9.17) is 4.74 Å². The van der Waals surface area contributed by atoms with Crippen LogP contribution in [0.4, 0.5) is 0 Å². The van der Waals surface area contributed by atoms with E-state index in [-0.39, 0.29) is 21.9 Å². The predicted molar refractivity (Wildman–Crippen MR) is 104 cm³/mol. The molecule has 0 aliphatic carbocycles. The number of Topliss-reactive ketones (excluding diaryl/α,β-unsaturated/α-hetero) is 2.